The van der Waals surface area contributed by atoms with Gasteiger partial charge in [0.25, 0.3) is 0 Å². The summed E-state index contributed by atoms with van der Waals surface area (Å²) in [4.78, 5) is 10.0. The van der Waals surface area contributed by atoms with Crippen LogP contribution in [0.1, 0.15) is 52.7 Å². The number of anilines is 6. The van der Waals surface area contributed by atoms with Gasteiger partial charge in [-0.2, -0.15) is 0 Å². The van der Waals surface area contributed by atoms with Crippen LogP contribution >= 0.6 is 0 Å². The van der Waals surface area contributed by atoms with Crippen molar-refractivity contribution in [1.29, 1.82) is 0 Å². The molecule has 7 heteroatoms. The van der Waals surface area contributed by atoms with Crippen LogP contribution in [0.25, 0.3) is 66.9 Å². The van der Waals surface area contributed by atoms with Crippen molar-refractivity contribution in [3.05, 3.63) is 276 Å². The zero-order valence-electron chi connectivity index (χ0n) is 46.3. The fraction of sp³-hybridized carbons (Fsp3) is 0.108. The summed E-state index contributed by atoms with van der Waals surface area (Å²) in [5.74, 6) is 2.21. The summed E-state index contributed by atoms with van der Waals surface area (Å²) in [5, 5.41) is 0. The van der Waals surface area contributed by atoms with Crippen molar-refractivity contribution in [3.8, 4) is 67.4 Å². The first-order valence-corrected chi connectivity index (χ1v) is 28.8. The Hall–Kier alpha value is -9.09. The van der Waals surface area contributed by atoms with Gasteiger partial charge in [-0.25, -0.2) is 0 Å². The van der Waals surface area contributed by atoms with Crippen molar-refractivity contribution in [2.45, 2.75) is 52.4 Å². The van der Waals surface area contributed by atoms with Crippen LogP contribution < -0.4 is 14.5 Å². The number of hydrogen-bond donors (Lipinski definition) is 0. The number of rotatable bonds is 8. The van der Waals surface area contributed by atoms with Crippen molar-refractivity contribution in [2.24, 2.45) is 0 Å². The average molecular weight is 1230 g/mol. The number of imidazole rings is 1. The number of nitrogens with zero attached hydrogens (tertiary/aromatic N) is 5. The summed E-state index contributed by atoms with van der Waals surface area (Å²) in [7, 11) is 0. The van der Waals surface area contributed by atoms with Crippen molar-refractivity contribution < 1.29 is 24.1 Å². The number of fused-ring (bicyclic) bond motifs is 7. The molecule has 81 heavy (non-hydrogen) atoms. The SMILES string of the molecule is CC(C)(C)c1ccc(N2c3ccccc3-c3ccccc3N(c3cc(C(C)(C)C)ccn3)c3cc(Oc4cccc(-n5[c](=[Pt])n(-c6c(-c7ccccc7)cccc6-c6ccccc6)c6ccccc65)c4)ccc3-c3ccccc32)cc1. The van der Waals surface area contributed by atoms with Crippen LogP contribution in [-0.4, -0.2) is 14.1 Å². The molecular formula is C74H61N5OPt. The molecule has 0 unspecified atom stereocenters. The normalized spacial score (nSPS) is 12.3. The van der Waals surface area contributed by atoms with Crippen LogP contribution in [0, 0.1) is 3.80 Å². The first-order chi connectivity index (χ1) is 39.4. The molecule has 3 heterocycles. The van der Waals surface area contributed by atoms with E-state index in [1.807, 2.05) is 6.20 Å². The molecule has 0 bridgehead atoms. The number of benzene rings is 10. The van der Waals surface area contributed by atoms with E-state index >= 15 is 0 Å². The van der Waals surface area contributed by atoms with E-state index < -0.39 is 0 Å². The van der Waals surface area contributed by atoms with Crippen LogP contribution in [0.15, 0.2) is 261 Å². The van der Waals surface area contributed by atoms with Crippen LogP contribution in [0.2, 0.25) is 0 Å². The van der Waals surface area contributed by atoms with Gasteiger partial charge >= 0.3 is 306 Å². The Morgan fingerprint density at radius 3 is 1.42 bits per heavy atom. The van der Waals surface area contributed by atoms with Crippen LogP contribution in [0.5, 0.6) is 11.5 Å². The maximum atomic E-state index is 7.18. The van der Waals surface area contributed by atoms with Gasteiger partial charge in [0, 0.05) is 17.4 Å². The minimum Gasteiger partial charge on any atom is -0.0615 e. The quantitative estimate of drug-likeness (QED) is 0.152. The van der Waals surface area contributed by atoms with Gasteiger partial charge < -0.3 is 4.90 Å². The van der Waals surface area contributed by atoms with Gasteiger partial charge in [-0.15, -0.1) is 0 Å². The zero-order valence-corrected chi connectivity index (χ0v) is 48.6. The number of hydrogen-bond acceptors (Lipinski definition) is 4. The third-order valence-electron chi connectivity index (χ3n) is 15.5. The van der Waals surface area contributed by atoms with Crippen LogP contribution in [0.4, 0.5) is 34.3 Å². The summed E-state index contributed by atoms with van der Waals surface area (Å²) in [6.07, 6.45) is 1.95. The molecule has 0 radical (unpaired) electrons. The minimum atomic E-state index is -0.132. The summed E-state index contributed by atoms with van der Waals surface area (Å²) < 4.78 is 13.0. The molecule has 6 nitrogen and oxygen atoms in total. The van der Waals surface area contributed by atoms with Gasteiger partial charge in [-0.05, 0) is 52.3 Å². The molecule has 0 amide bonds. The average Bonchev–Trinajstić information content (AvgIpc) is 3.90. The van der Waals surface area contributed by atoms with E-state index in [0.717, 1.165) is 105 Å². The van der Waals surface area contributed by atoms with Gasteiger partial charge in [0.1, 0.15) is 0 Å². The molecule has 10 aromatic carbocycles. The molecule has 0 spiro atoms. The Bertz CT molecular complexity index is 4320. The van der Waals surface area contributed by atoms with Crippen molar-refractivity contribution in [2.75, 3.05) is 9.80 Å². The third-order valence-corrected chi connectivity index (χ3v) is 16.5. The Morgan fingerprint density at radius 2 is 0.840 bits per heavy atom. The number of ether oxygens (including phenoxy) is 1. The summed E-state index contributed by atoms with van der Waals surface area (Å²) >= 11 is 2.52. The Kier molecular flexibility index (Phi) is 13.2. The molecule has 13 rings (SSSR count). The predicted octanol–water partition coefficient (Wildman–Crippen LogP) is 20.2. The van der Waals surface area contributed by atoms with Crippen molar-refractivity contribution in [3.63, 3.8) is 0 Å². The number of pyridine rings is 1. The molecule has 1 aliphatic heterocycles. The van der Waals surface area contributed by atoms with Gasteiger partial charge in [0.15, 0.2) is 0 Å². The summed E-state index contributed by atoms with van der Waals surface area (Å²) in [6, 6.07) is 91.6. The first-order valence-electron chi connectivity index (χ1n) is 27.7. The Morgan fingerprint density at radius 1 is 0.358 bits per heavy atom. The second-order valence-electron chi connectivity index (χ2n) is 22.8. The predicted molar refractivity (Wildman–Crippen MR) is 332 cm³/mol. The van der Waals surface area contributed by atoms with Gasteiger partial charge in [-0.1, -0.05) is 102 Å². The molecule has 0 saturated carbocycles. The van der Waals surface area contributed by atoms with E-state index in [0.29, 0.717) is 11.5 Å². The Balaban J connectivity index is 0.998. The van der Waals surface area contributed by atoms with E-state index in [1.165, 1.54) is 11.1 Å². The standard InChI is InChI=1S/C74H61N5O.Pt/c1-73(2,3)53-39-41-55(42-40-53)78-65-34-16-13-29-61(65)62-30-15-18-36-67(62)79(71-47-54(45-46-75-71)74(4,5)6)70-49-58(43-44-64(70)63-31-14-17-35-66(63)78)80-57-28-21-27-56(48-57)76-50-77(69-38-20-19-37-68(69)76)72-59(51-23-9-7-10-24-51)32-22-33-60(72)52-25-11-8-12-26-52;/h7-49H,1-6H3;. The minimum absolute atomic E-state index is 0.00142. The second kappa shape index (κ2) is 20.9. The Labute approximate surface area is 485 Å². The molecule has 398 valence electrons. The maximum absolute atomic E-state index is 7.18. The molecular weight excluding hydrogens is 1170 g/mol. The molecule has 12 aromatic rings. The number of aromatic nitrogens is 3. The molecule has 0 N–H and O–H groups in total. The number of para-hydroxylation sites is 6. The fourth-order valence-corrected chi connectivity index (χ4v) is 12.6. The molecule has 0 aliphatic carbocycles. The van der Waals surface area contributed by atoms with Gasteiger partial charge in [0.05, 0.1) is 5.69 Å². The van der Waals surface area contributed by atoms with Crippen LogP contribution in [-0.2, 0) is 30.2 Å². The topological polar surface area (TPSA) is 38.5 Å². The van der Waals surface area contributed by atoms with Crippen LogP contribution in [0.3, 0.4) is 0 Å². The third kappa shape index (κ3) is 9.54. The van der Waals surface area contributed by atoms with E-state index in [2.05, 4.69) is 335 Å². The molecule has 2 aromatic heterocycles. The summed E-state index contributed by atoms with van der Waals surface area (Å²) in [6.45, 7) is 13.6. The monoisotopic (exact) mass is 1230 g/mol. The van der Waals surface area contributed by atoms with Crippen molar-refractivity contribution in [1.82, 2.24) is 14.1 Å². The van der Waals surface area contributed by atoms with E-state index in [4.69, 9.17) is 9.72 Å². The fourth-order valence-electron chi connectivity index (χ4n) is 11.5. The van der Waals surface area contributed by atoms with Gasteiger partial charge in [0.2, 0.25) is 0 Å². The van der Waals surface area contributed by atoms with E-state index in [-0.39, 0.29) is 10.8 Å². The second-order valence-corrected chi connectivity index (χ2v) is 23.8. The van der Waals surface area contributed by atoms with Crippen molar-refractivity contribution >= 4 is 45.3 Å². The zero-order chi connectivity index (χ0) is 55.4. The molecule has 0 fully saturated rings. The smallest absolute Gasteiger partial charge is 0.0615 e. The van der Waals surface area contributed by atoms with Gasteiger partial charge in [-0.3, -0.25) is 0 Å². The first kappa shape index (κ1) is 51.4. The molecule has 0 atom stereocenters. The molecule has 1 aliphatic rings. The van der Waals surface area contributed by atoms with E-state index in [1.54, 1.807) is 0 Å². The molecule has 0 saturated heterocycles. The summed E-state index contributed by atoms with van der Waals surface area (Å²) in [5.41, 5.74) is 20.6. The van der Waals surface area contributed by atoms with E-state index in [9.17, 15) is 0 Å².